The zero-order valence-corrected chi connectivity index (χ0v) is 12.6. The SMILES string of the molecule is Cc1c(CNC(=O)O)c2c(-c3ccccc3)cccc2n1C. The van der Waals surface area contributed by atoms with Crippen LogP contribution in [0.25, 0.3) is 22.0 Å². The van der Waals surface area contributed by atoms with E-state index in [9.17, 15) is 4.79 Å². The van der Waals surface area contributed by atoms with E-state index >= 15 is 0 Å². The van der Waals surface area contributed by atoms with E-state index in [-0.39, 0.29) is 0 Å². The van der Waals surface area contributed by atoms with E-state index in [0.29, 0.717) is 6.54 Å². The monoisotopic (exact) mass is 294 g/mol. The van der Waals surface area contributed by atoms with Gasteiger partial charge in [0, 0.05) is 35.8 Å². The van der Waals surface area contributed by atoms with Crippen LogP contribution in [-0.4, -0.2) is 15.8 Å². The molecule has 0 fully saturated rings. The van der Waals surface area contributed by atoms with Crippen molar-refractivity contribution in [2.45, 2.75) is 13.5 Å². The molecule has 0 aliphatic rings. The molecule has 2 N–H and O–H groups in total. The van der Waals surface area contributed by atoms with Crippen LogP contribution < -0.4 is 5.32 Å². The van der Waals surface area contributed by atoms with Gasteiger partial charge >= 0.3 is 6.09 Å². The second kappa shape index (κ2) is 5.56. The van der Waals surface area contributed by atoms with E-state index in [1.54, 1.807) is 0 Å². The van der Waals surface area contributed by atoms with Gasteiger partial charge in [-0.2, -0.15) is 0 Å². The highest BCUT2D eigenvalue weighted by molar-refractivity contribution is 5.99. The number of nitrogens with zero attached hydrogens (tertiary/aromatic N) is 1. The summed E-state index contributed by atoms with van der Waals surface area (Å²) in [5.41, 5.74) is 5.48. The van der Waals surface area contributed by atoms with Crippen molar-refractivity contribution in [1.29, 1.82) is 0 Å². The molecule has 1 aromatic heterocycles. The third kappa shape index (κ3) is 2.33. The fraction of sp³-hybridized carbons (Fsp3) is 0.167. The van der Waals surface area contributed by atoms with E-state index in [2.05, 4.69) is 34.1 Å². The number of aryl methyl sites for hydroxylation is 1. The Kier molecular flexibility index (Phi) is 3.59. The summed E-state index contributed by atoms with van der Waals surface area (Å²) in [4.78, 5) is 10.9. The van der Waals surface area contributed by atoms with Gasteiger partial charge in [-0.1, -0.05) is 42.5 Å². The van der Waals surface area contributed by atoms with Crippen LogP contribution in [0.4, 0.5) is 4.79 Å². The number of fused-ring (bicyclic) bond motifs is 1. The maximum atomic E-state index is 10.9. The van der Waals surface area contributed by atoms with E-state index in [1.165, 1.54) is 0 Å². The average Bonchev–Trinajstić information content (AvgIpc) is 2.78. The number of rotatable bonds is 3. The lowest BCUT2D eigenvalue weighted by Gasteiger charge is -2.07. The smallest absolute Gasteiger partial charge is 0.404 e. The lowest BCUT2D eigenvalue weighted by Crippen LogP contribution is -2.20. The fourth-order valence-electron chi connectivity index (χ4n) is 2.94. The van der Waals surface area contributed by atoms with Crippen LogP contribution in [0.15, 0.2) is 48.5 Å². The first-order chi connectivity index (χ1) is 10.6. The minimum Gasteiger partial charge on any atom is -0.465 e. The van der Waals surface area contributed by atoms with Crippen molar-refractivity contribution in [3.63, 3.8) is 0 Å². The van der Waals surface area contributed by atoms with E-state index in [0.717, 1.165) is 33.3 Å². The molecule has 1 heterocycles. The van der Waals surface area contributed by atoms with Gasteiger partial charge in [0.05, 0.1) is 0 Å². The molecule has 0 aliphatic heterocycles. The Balaban J connectivity index is 2.26. The number of hydrogen-bond acceptors (Lipinski definition) is 1. The third-order valence-electron chi connectivity index (χ3n) is 4.15. The second-order valence-corrected chi connectivity index (χ2v) is 5.35. The maximum Gasteiger partial charge on any atom is 0.404 e. The summed E-state index contributed by atoms with van der Waals surface area (Å²) in [7, 11) is 2.01. The largest absolute Gasteiger partial charge is 0.465 e. The van der Waals surface area contributed by atoms with Crippen LogP contribution in [0.3, 0.4) is 0 Å². The number of hydrogen-bond donors (Lipinski definition) is 2. The van der Waals surface area contributed by atoms with E-state index in [1.807, 2.05) is 38.2 Å². The van der Waals surface area contributed by atoms with Crippen LogP contribution in [0.5, 0.6) is 0 Å². The molecular formula is C18H18N2O2. The number of carbonyl (C=O) groups is 1. The van der Waals surface area contributed by atoms with Crippen molar-refractivity contribution in [2.75, 3.05) is 0 Å². The minimum atomic E-state index is -1.01. The Morgan fingerprint density at radius 2 is 1.86 bits per heavy atom. The maximum absolute atomic E-state index is 10.9. The van der Waals surface area contributed by atoms with Crippen molar-refractivity contribution in [2.24, 2.45) is 7.05 Å². The Bertz CT molecular complexity index is 835. The van der Waals surface area contributed by atoms with Crippen molar-refractivity contribution in [3.05, 3.63) is 59.8 Å². The van der Waals surface area contributed by atoms with Gasteiger partial charge in [-0.05, 0) is 24.1 Å². The van der Waals surface area contributed by atoms with Gasteiger partial charge < -0.3 is 15.0 Å². The molecule has 0 unspecified atom stereocenters. The van der Waals surface area contributed by atoms with Gasteiger partial charge in [0.15, 0.2) is 0 Å². The zero-order valence-electron chi connectivity index (χ0n) is 12.6. The molecule has 0 saturated carbocycles. The van der Waals surface area contributed by atoms with E-state index < -0.39 is 6.09 Å². The summed E-state index contributed by atoms with van der Waals surface area (Å²) in [6.45, 7) is 2.33. The lowest BCUT2D eigenvalue weighted by atomic mass is 9.98. The van der Waals surface area contributed by atoms with Gasteiger partial charge in [0.25, 0.3) is 0 Å². The number of aromatic nitrogens is 1. The predicted octanol–water partition coefficient (Wildman–Crippen LogP) is 3.92. The molecule has 3 aromatic rings. The quantitative estimate of drug-likeness (QED) is 0.769. The number of carboxylic acid groups (broad SMARTS) is 1. The minimum absolute atomic E-state index is 0.308. The molecule has 0 bridgehead atoms. The Hall–Kier alpha value is -2.75. The summed E-state index contributed by atoms with van der Waals surface area (Å²) in [5.74, 6) is 0. The highest BCUT2D eigenvalue weighted by Gasteiger charge is 2.16. The van der Waals surface area contributed by atoms with Crippen molar-refractivity contribution in [1.82, 2.24) is 9.88 Å². The highest BCUT2D eigenvalue weighted by Crippen LogP contribution is 2.34. The zero-order chi connectivity index (χ0) is 15.7. The molecular weight excluding hydrogens is 276 g/mol. The van der Waals surface area contributed by atoms with Gasteiger partial charge in [-0.15, -0.1) is 0 Å². The summed E-state index contributed by atoms with van der Waals surface area (Å²) in [6.07, 6.45) is -1.01. The molecule has 4 heteroatoms. The summed E-state index contributed by atoms with van der Waals surface area (Å²) < 4.78 is 2.11. The summed E-state index contributed by atoms with van der Waals surface area (Å²) in [5, 5.41) is 12.5. The lowest BCUT2D eigenvalue weighted by molar-refractivity contribution is 0.194. The molecule has 4 nitrogen and oxygen atoms in total. The van der Waals surface area contributed by atoms with Crippen molar-refractivity contribution in [3.8, 4) is 11.1 Å². The molecule has 0 radical (unpaired) electrons. The Morgan fingerprint density at radius 1 is 1.14 bits per heavy atom. The third-order valence-corrected chi connectivity index (χ3v) is 4.15. The van der Waals surface area contributed by atoms with Crippen LogP contribution >= 0.6 is 0 Å². The number of amides is 1. The standard InChI is InChI=1S/C18H18N2O2/c1-12-15(11-19-18(21)22)17-14(13-7-4-3-5-8-13)9-6-10-16(17)20(12)2/h3-10,19H,11H2,1-2H3,(H,21,22). The fourth-order valence-corrected chi connectivity index (χ4v) is 2.94. The van der Waals surface area contributed by atoms with Gasteiger partial charge in [-0.3, -0.25) is 0 Å². The summed E-state index contributed by atoms with van der Waals surface area (Å²) >= 11 is 0. The number of nitrogens with one attached hydrogen (secondary N) is 1. The Morgan fingerprint density at radius 3 is 2.55 bits per heavy atom. The van der Waals surface area contributed by atoms with Crippen LogP contribution in [0, 0.1) is 6.92 Å². The first-order valence-electron chi connectivity index (χ1n) is 7.18. The highest BCUT2D eigenvalue weighted by atomic mass is 16.4. The number of benzene rings is 2. The molecule has 112 valence electrons. The van der Waals surface area contributed by atoms with Gasteiger partial charge in [0.2, 0.25) is 0 Å². The normalized spacial score (nSPS) is 10.8. The molecule has 22 heavy (non-hydrogen) atoms. The predicted molar refractivity (Wildman–Crippen MR) is 88.0 cm³/mol. The Labute approximate surface area is 129 Å². The average molecular weight is 294 g/mol. The molecule has 2 aromatic carbocycles. The molecule has 1 amide bonds. The first-order valence-corrected chi connectivity index (χ1v) is 7.18. The molecule has 3 rings (SSSR count). The topological polar surface area (TPSA) is 54.3 Å². The van der Waals surface area contributed by atoms with Crippen LogP contribution in [0.2, 0.25) is 0 Å². The molecule has 0 saturated heterocycles. The van der Waals surface area contributed by atoms with Crippen LogP contribution in [-0.2, 0) is 13.6 Å². The molecule has 0 atom stereocenters. The van der Waals surface area contributed by atoms with Gasteiger partial charge in [0.1, 0.15) is 0 Å². The van der Waals surface area contributed by atoms with Crippen LogP contribution in [0.1, 0.15) is 11.3 Å². The molecule has 0 spiro atoms. The van der Waals surface area contributed by atoms with E-state index in [4.69, 9.17) is 5.11 Å². The second-order valence-electron chi connectivity index (χ2n) is 5.35. The first kappa shape index (κ1) is 14.2. The summed E-state index contributed by atoms with van der Waals surface area (Å²) in [6, 6.07) is 16.4. The molecule has 0 aliphatic carbocycles. The van der Waals surface area contributed by atoms with Gasteiger partial charge in [-0.25, -0.2) is 4.79 Å². The van der Waals surface area contributed by atoms with Crippen molar-refractivity contribution < 1.29 is 9.90 Å². The van der Waals surface area contributed by atoms with Crippen molar-refractivity contribution >= 4 is 17.0 Å².